The number of carbonyl (C=O) groups is 2. The molecule has 1 N–H and O–H groups in total. The van der Waals surface area contributed by atoms with Crippen molar-refractivity contribution in [2.45, 2.75) is 26.3 Å². The fourth-order valence-corrected chi connectivity index (χ4v) is 4.18. The minimum absolute atomic E-state index is 0.0370. The summed E-state index contributed by atoms with van der Waals surface area (Å²) in [6, 6.07) is 25.8. The van der Waals surface area contributed by atoms with Gasteiger partial charge in [-0.3, -0.25) is 4.79 Å². The van der Waals surface area contributed by atoms with Crippen molar-refractivity contribution in [2.24, 2.45) is 0 Å². The normalized spacial score (nSPS) is 9.90. The lowest BCUT2D eigenvalue weighted by Gasteiger charge is -2.17. The number of benzene rings is 2. The Hall–Kier alpha value is -3.16. The number of carbonyl (C=O) groups excluding carboxylic acids is 1. The lowest BCUT2D eigenvalue weighted by Crippen LogP contribution is -2.26. The van der Waals surface area contributed by atoms with Crippen LogP contribution in [0.2, 0.25) is 20.6 Å². The summed E-state index contributed by atoms with van der Waals surface area (Å²) < 4.78 is 0. The standard InChI is InChI=1S/C14H12Cl2N2O.C9H12.C6H3Cl2NO2/c1-18(9-10-5-3-2-4-6-10)14(19)11-7-12(15)17-13(16)8-11;1-2-6-9-7-4-3-5-8-9;7-4-1-3(6(10)11)2-5(8)9-4/h2-8H,9H2,1H3;3-5,7-8H,2,6H2,1H3;1-2H,(H,10,11). The van der Waals surface area contributed by atoms with Gasteiger partial charge in [0.15, 0.2) is 0 Å². The number of carboxylic acids is 1. The molecule has 2 aromatic heterocycles. The molecule has 0 saturated heterocycles. The lowest BCUT2D eigenvalue weighted by atomic mass is 10.1. The number of halogens is 4. The van der Waals surface area contributed by atoms with Crippen LogP contribution in [0.4, 0.5) is 0 Å². The van der Waals surface area contributed by atoms with Crippen molar-refractivity contribution in [3.8, 4) is 0 Å². The van der Waals surface area contributed by atoms with E-state index < -0.39 is 5.97 Å². The Labute approximate surface area is 248 Å². The summed E-state index contributed by atoms with van der Waals surface area (Å²) in [6.07, 6.45) is 2.45. The molecule has 0 atom stereocenters. The third-order valence-corrected chi connectivity index (χ3v) is 5.78. The van der Waals surface area contributed by atoms with Gasteiger partial charge in [0.2, 0.25) is 0 Å². The molecule has 4 rings (SSSR count). The van der Waals surface area contributed by atoms with Crippen molar-refractivity contribution in [3.05, 3.63) is 128 Å². The second-order valence-electron chi connectivity index (χ2n) is 8.19. The van der Waals surface area contributed by atoms with Gasteiger partial charge in [-0.25, -0.2) is 14.8 Å². The summed E-state index contributed by atoms with van der Waals surface area (Å²) in [5.41, 5.74) is 2.98. The number of amides is 1. The molecule has 0 saturated carbocycles. The van der Waals surface area contributed by atoms with Crippen LogP contribution in [0.25, 0.3) is 0 Å². The molecule has 0 unspecified atom stereocenters. The quantitative estimate of drug-likeness (QED) is 0.223. The Morgan fingerprint density at radius 2 is 1.13 bits per heavy atom. The maximum absolute atomic E-state index is 12.2. The summed E-state index contributed by atoms with van der Waals surface area (Å²) >= 11 is 22.5. The Morgan fingerprint density at radius 3 is 1.54 bits per heavy atom. The largest absolute Gasteiger partial charge is 0.478 e. The Bertz CT molecular complexity index is 1320. The zero-order valence-electron chi connectivity index (χ0n) is 21.3. The van der Waals surface area contributed by atoms with Gasteiger partial charge in [-0.15, -0.1) is 0 Å². The topological polar surface area (TPSA) is 83.4 Å². The van der Waals surface area contributed by atoms with Crippen LogP contribution < -0.4 is 0 Å². The van der Waals surface area contributed by atoms with E-state index in [0.717, 1.165) is 5.56 Å². The van der Waals surface area contributed by atoms with E-state index >= 15 is 0 Å². The lowest BCUT2D eigenvalue weighted by molar-refractivity contribution is 0.0696. The number of hydrogen-bond donors (Lipinski definition) is 1. The average molecular weight is 607 g/mol. The van der Waals surface area contributed by atoms with Gasteiger partial charge in [0.1, 0.15) is 20.6 Å². The Balaban J connectivity index is 0.000000226. The summed E-state index contributed by atoms with van der Waals surface area (Å²) in [5, 5.41) is 9.07. The van der Waals surface area contributed by atoms with Crippen LogP contribution in [0, 0.1) is 0 Å². The van der Waals surface area contributed by atoms with Crippen molar-refractivity contribution in [3.63, 3.8) is 0 Å². The summed E-state index contributed by atoms with van der Waals surface area (Å²) in [4.78, 5) is 31.6. The molecule has 39 heavy (non-hydrogen) atoms. The van der Waals surface area contributed by atoms with E-state index in [1.165, 1.54) is 42.7 Å². The number of carboxylic acid groups (broad SMARTS) is 1. The molecule has 0 aliphatic rings. The molecule has 0 radical (unpaired) electrons. The SMILES string of the molecule is CCCc1ccccc1.CN(Cc1ccccc1)C(=O)c1cc(Cl)nc(Cl)c1.O=C(O)c1cc(Cl)nc(Cl)c1. The number of rotatable bonds is 6. The van der Waals surface area contributed by atoms with E-state index in [1.807, 2.05) is 30.3 Å². The fraction of sp³-hybridized carbons (Fsp3) is 0.172. The first kappa shape index (κ1) is 32.1. The van der Waals surface area contributed by atoms with Crippen molar-refractivity contribution in [2.75, 3.05) is 7.05 Å². The molecule has 0 aliphatic carbocycles. The highest BCUT2D eigenvalue weighted by molar-refractivity contribution is 6.33. The highest BCUT2D eigenvalue weighted by Gasteiger charge is 2.14. The van der Waals surface area contributed by atoms with Crippen LogP contribution in [-0.2, 0) is 13.0 Å². The van der Waals surface area contributed by atoms with Crippen molar-refractivity contribution < 1.29 is 14.7 Å². The van der Waals surface area contributed by atoms with Crippen molar-refractivity contribution in [1.29, 1.82) is 0 Å². The monoisotopic (exact) mass is 605 g/mol. The predicted molar refractivity (Wildman–Crippen MR) is 158 cm³/mol. The summed E-state index contributed by atoms with van der Waals surface area (Å²) in [6.45, 7) is 2.73. The van der Waals surface area contributed by atoms with Gasteiger partial charge in [0, 0.05) is 19.2 Å². The highest BCUT2D eigenvalue weighted by Crippen LogP contribution is 2.17. The maximum Gasteiger partial charge on any atom is 0.335 e. The highest BCUT2D eigenvalue weighted by atomic mass is 35.5. The van der Waals surface area contributed by atoms with E-state index in [0.29, 0.717) is 12.1 Å². The van der Waals surface area contributed by atoms with E-state index in [-0.39, 0.29) is 32.1 Å². The molecular weight excluding hydrogens is 580 g/mol. The zero-order valence-corrected chi connectivity index (χ0v) is 24.3. The molecule has 1 amide bonds. The average Bonchev–Trinajstić information content (AvgIpc) is 2.89. The number of aromatic nitrogens is 2. The molecule has 0 spiro atoms. The van der Waals surface area contributed by atoms with Gasteiger partial charge in [0.05, 0.1) is 5.56 Å². The molecule has 0 aliphatic heterocycles. The number of hydrogen-bond acceptors (Lipinski definition) is 4. The molecule has 2 aromatic carbocycles. The van der Waals surface area contributed by atoms with E-state index in [9.17, 15) is 9.59 Å². The maximum atomic E-state index is 12.2. The third kappa shape index (κ3) is 12.1. The summed E-state index contributed by atoms with van der Waals surface area (Å²) in [7, 11) is 1.73. The summed E-state index contributed by atoms with van der Waals surface area (Å²) in [5.74, 6) is -1.22. The van der Waals surface area contributed by atoms with Crippen LogP contribution >= 0.6 is 46.4 Å². The van der Waals surface area contributed by atoms with Crippen LogP contribution in [0.1, 0.15) is 45.2 Å². The van der Waals surface area contributed by atoms with Crippen LogP contribution in [0.15, 0.2) is 84.9 Å². The molecular formula is C29H27Cl4N3O3. The van der Waals surface area contributed by atoms with Crippen molar-refractivity contribution in [1.82, 2.24) is 14.9 Å². The van der Waals surface area contributed by atoms with Crippen LogP contribution in [0.5, 0.6) is 0 Å². The Kier molecular flexibility index (Phi) is 13.7. The molecule has 10 heteroatoms. The second-order valence-corrected chi connectivity index (χ2v) is 9.74. The first-order valence-corrected chi connectivity index (χ1v) is 13.3. The van der Waals surface area contributed by atoms with Gasteiger partial charge in [0.25, 0.3) is 5.91 Å². The zero-order chi connectivity index (χ0) is 28.8. The molecule has 4 aromatic rings. The predicted octanol–water partition coefficient (Wildman–Crippen LogP) is 8.39. The second kappa shape index (κ2) is 16.7. The fourth-order valence-electron chi connectivity index (χ4n) is 3.26. The van der Waals surface area contributed by atoms with E-state index in [2.05, 4.69) is 47.2 Å². The molecule has 204 valence electrons. The third-order valence-electron chi connectivity index (χ3n) is 5.01. The Morgan fingerprint density at radius 1 is 0.718 bits per heavy atom. The smallest absolute Gasteiger partial charge is 0.335 e. The first-order valence-electron chi connectivity index (χ1n) is 11.8. The number of aromatic carboxylic acids is 1. The van der Waals surface area contributed by atoms with Crippen molar-refractivity contribution >= 4 is 58.3 Å². The van der Waals surface area contributed by atoms with Crippen LogP contribution in [0.3, 0.4) is 0 Å². The minimum atomic E-state index is -1.07. The number of aryl methyl sites for hydroxylation is 1. The van der Waals surface area contributed by atoms with Gasteiger partial charge < -0.3 is 10.0 Å². The van der Waals surface area contributed by atoms with Gasteiger partial charge in [-0.05, 0) is 41.8 Å². The van der Waals surface area contributed by atoms with Crippen LogP contribution in [-0.4, -0.2) is 38.9 Å². The molecule has 0 bridgehead atoms. The molecule has 6 nitrogen and oxygen atoms in total. The van der Waals surface area contributed by atoms with Gasteiger partial charge in [-0.2, -0.15) is 0 Å². The molecule has 0 fully saturated rings. The van der Waals surface area contributed by atoms with E-state index in [4.69, 9.17) is 51.5 Å². The van der Waals surface area contributed by atoms with Gasteiger partial charge >= 0.3 is 5.97 Å². The van der Waals surface area contributed by atoms with E-state index in [1.54, 1.807) is 11.9 Å². The van der Waals surface area contributed by atoms with Gasteiger partial charge in [-0.1, -0.05) is 120 Å². The number of nitrogens with zero attached hydrogens (tertiary/aromatic N) is 3. The minimum Gasteiger partial charge on any atom is -0.478 e. The number of pyridine rings is 2. The molecule has 2 heterocycles. The first-order chi connectivity index (χ1) is 18.6.